The first kappa shape index (κ1) is 25.7. The third-order valence-electron chi connectivity index (χ3n) is 6.52. The highest BCUT2D eigenvalue weighted by Crippen LogP contribution is 2.33. The van der Waals surface area contributed by atoms with Crippen LogP contribution in [0.5, 0.6) is 0 Å². The first-order valence-electron chi connectivity index (χ1n) is 12.6. The molecule has 0 aromatic heterocycles. The van der Waals surface area contributed by atoms with Gasteiger partial charge in [-0.1, -0.05) is 19.1 Å². The molecule has 2 saturated heterocycles. The standard InChI is InChI=1S/C25H40N4O3S/c1-3-9-20(21(10-4-2)27-33-19-12-13-19)26-25(32)22-11-8-18-29(22)24(31)15-14-23(30)28-16-6-5-7-17-28/h3,10,19-20,22,27H,1,4-9,11-18H2,2H3,(H,26,32)/b21-10+/t20?,22-/m0/s1. The van der Waals surface area contributed by atoms with Gasteiger partial charge in [0.25, 0.3) is 0 Å². The summed E-state index contributed by atoms with van der Waals surface area (Å²) in [6.07, 6.45) is 13.0. The summed E-state index contributed by atoms with van der Waals surface area (Å²) in [4.78, 5) is 42.1. The Bertz CT molecular complexity index is 731. The van der Waals surface area contributed by atoms with E-state index >= 15 is 0 Å². The molecule has 1 aliphatic carbocycles. The Balaban J connectivity index is 1.54. The minimum absolute atomic E-state index is 0.0582. The molecule has 0 aromatic carbocycles. The van der Waals surface area contributed by atoms with E-state index in [0.29, 0.717) is 24.6 Å². The number of nitrogens with zero attached hydrogens (tertiary/aromatic N) is 2. The van der Waals surface area contributed by atoms with Gasteiger partial charge in [-0.3, -0.25) is 14.4 Å². The number of piperidine rings is 1. The van der Waals surface area contributed by atoms with Crippen LogP contribution in [0, 0.1) is 0 Å². The van der Waals surface area contributed by atoms with Crippen LogP contribution in [0.4, 0.5) is 0 Å². The Morgan fingerprint density at radius 3 is 2.42 bits per heavy atom. The SMILES string of the molecule is C=CCC(NC(=O)[C@@H]1CCCN1C(=O)CCC(=O)N1CCCCC1)/C(=C\CC)NSC1CC1. The van der Waals surface area contributed by atoms with E-state index in [0.717, 1.165) is 44.5 Å². The molecule has 0 aromatic rings. The van der Waals surface area contributed by atoms with E-state index in [1.807, 2.05) is 11.0 Å². The Morgan fingerprint density at radius 1 is 1.03 bits per heavy atom. The van der Waals surface area contributed by atoms with Gasteiger partial charge in [0.15, 0.2) is 0 Å². The van der Waals surface area contributed by atoms with Crippen molar-refractivity contribution in [3.63, 3.8) is 0 Å². The molecule has 8 heteroatoms. The maximum atomic E-state index is 13.2. The van der Waals surface area contributed by atoms with E-state index in [1.54, 1.807) is 16.8 Å². The van der Waals surface area contributed by atoms with Crippen LogP contribution in [0.1, 0.15) is 77.6 Å². The molecular weight excluding hydrogens is 436 g/mol. The van der Waals surface area contributed by atoms with E-state index in [9.17, 15) is 14.4 Å². The van der Waals surface area contributed by atoms with Crippen LogP contribution in [0.3, 0.4) is 0 Å². The number of rotatable bonds is 12. The van der Waals surface area contributed by atoms with Crippen LogP contribution >= 0.6 is 11.9 Å². The van der Waals surface area contributed by atoms with E-state index in [4.69, 9.17) is 0 Å². The summed E-state index contributed by atoms with van der Waals surface area (Å²) in [6, 6.07) is -0.645. The van der Waals surface area contributed by atoms with Crippen LogP contribution < -0.4 is 10.0 Å². The average Bonchev–Trinajstić information content (AvgIpc) is 3.52. The lowest BCUT2D eigenvalue weighted by molar-refractivity contribution is -0.141. The van der Waals surface area contributed by atoms with Crippen molar-refractivity contribution in [3.05, 3.63) is 24.4 Å². The first-order valence-corrected chi connectivity index (χ1v) is 13.5. The van der Waals surface area contributed by atoms with Crippen LogP contribution in [0.15, 0.2) is 24.4 Å². The zero-order chi connectivity index (χ0) is 23.6. The van der Waals surface area contributed by atoms with Gasteiger partial charge in [-0.05, 0) is 69.7 Å². The van der Waals surface area contributed by atoms with Crippen molar-refractivity contribution in [2.45, 2.75) is 94.9 Å². The molecule has 7 nitrogen and oxygen atoms in total. The molecule has 2 heterocycles. The lowest BCUT2D eigenvalue weighted by atomic mass is 10.1. The second-order valence-electron chi connectivity index (χ2n) is 9.26. The molecule has 0 radical (unpaired) electrons. The minimum Gasteiger partial charge on any atom is -0.346 e. The van der Waals surface area contributed by atoms with E-state index in [-0.39, 0.29) is 36.6 Å². The van der Waals surface area contributed by atoms with Gasteiger partial charge in [-0.2, -0.15) is 0 Å². The van der Waals surface area contributed by atoms with Gasteiger partial charge in [0.1, 0.15) is 6.04 Å². The van der Waals surface area contributed by atoms with Gasteiger partial charge in [0, 0.05) is 43.4 Å². The van der Waals surface area contributed by atoms with Crippen molar-refractivity contribution in [1.82, 2.24) is 19.8 Å². The third kappa shape index (κ3) is 7.80. The number of carbonyl (C=O) groups is 3. The Hall–Kier alpha value is -1.96. The molecule has 2 aliphatic heterocycles. The molecule has 3 fully saturated rings. The van der Waals surface area contributed by atoms with Gasteiger partial charge in [-0.25, -0.2) is 0 Å². The summed E-state index contributed by atoms with van der Waals surface area (Å²) in [5.74, 6) is -0.150. The number of likely N-dealkylation sites (tertiary alicyclic amines) is 2. The maximum Gasteiger partial charge on any atom is 0.243 e. The monoisotopic (exact) mass is 476 g/mol. The van der Waals surface area contributed by atoms with Crippen molar-refractivity contribution in [2.24, 2.45) is 0 Å². The van der Waals surface area contributed by atoms with Gasteiger partial charge in [0.2, 0.25) is 17.7 Å². The average molecular weight is 477 g/mol. The molecule has 3 rings (SSSR count). The highest BCUT2D eigenvalue weighted by atomic mass is 32.2. The Morgan fingerprint density at radius 2 is 1.76 bits per heavy atom. The van der Waals surface area contributed by atoms with Gasteiger partial charge in [0.05, 0.1) is 6.04 Å². The first-order chi connectivity index (χ1) is 16.0. The quantitative estimate of drug-likeness (QED) is 0.333. The molecular formula is C25H40N4O3S. The number of hydrogen-bond donors (Lipinski definition) is 2. The number of allylic oxidation sites excluding steroid dienone is 1. The van der Waals surface area contributed by atoms with Gasteiger partial charge >= 0.3 is 0 Å². The molecule has 2 atom stereocenters. The molecule has 1 unspecified atom stereocenters. The molecule has 1 saturated carbocycles. The fourth-order valence-electron chi connectivity index (χ4n) is 4.51. The zero-order valence-corrected chi connectivity index (χ0v) is 20.8. The molecule has 33 heavy (non-hydrogen) atoms. The highest BCUT2D eigenvalue weighted by molar-refractivity contribution is 7.98. The second-order valence-corrected chi connectivity index (χ2v) is 10.4. The van der Waals surface area contributed by atoms with Crippen molar-refractivity contribution >= 4 is 29.7 Å². The summed E-state index contributed by atoms with van der Waals surface area (Å²) in [5, 5.41) is 3.82. The van der Waals surface area contributed by atoms with Crippen LogP contribution in [0.25, 0.3) is 0 Å². The van der Waals surface area contributed by atoms with Crippen LogP contribution in [0.2, 0.25) is 0 Å². The maximum absolute atomic E-state index is 13.2. The number of hydrogen-bond acceptors (Lipinski definition) is 5. The largest absolute Gasteiger partial charge is 0.346 e. The number of amides is 3. The molecule has 184 valence electrons. The van der Waals surface area contributed by atoms with Crippen LogP contribution in [-0.2, 0) is 14.4 Å². The third-order valence-corrected chi connectivity index (χ3v) is 7.68. The zero-order valence-electron chi connectivity index (χ0n) is 20.0. The van der Waals surface area contributed by atoms with Crippen molar-refractivity contribution < 1.29 is 14.4 Å². The van der Waals surface area contributed by atoms with Gasteiger partial charge in [-0.15, -0.1) is 6.58 Å². The fraction of sp³-hybridized carbons (Fsp3) is 0.720. The second kappa shape index (κ2) is 13.1. The van der Waals surface area contributed by atoms with Crippen LogP contribution in [-0.4, -0.2) is 64.5 Å². The van der Waals surface area contributed by atoms with E-state index in [1.165, 1.54) is 19.3 Å². The van der Waals surface area contributed by atoms with E-state index < -0.39 is 6.04 Å². The minimum atomic E-state index is -0.464. The molecule has 3 aliphatic rings. The highest BCUT2D eigenvalue weighted by Gasteiger charge is 2.35. The topological polar surface area (TPSA) is 81.8 Å². The molecule has 2 N–H and O–H groups in total. The predicted molar refractivity (Wildman–Crippen MR) is 133 cm³/mol. The summed E-state index contributed by atoms with van der Waals surface area (Å²) in [7, 11) is 0. The van der Waals surface area contributed by atoms with E-state index in [2.05, 4.69) is 29.6 Å². The fourth-order valence-corrected chi connectivity index (χ4v) is 5.41. The predicted octanol–water partition coefficient (Wildman–Crippen LogP) is 3.53. The number of nitrogens with one attached hydrogen (secondary N) is 2. The number of carbonyl (C=O) groups excluding carboxylic acids is 3. The Kier molecular flexibility index (Phi) is 10.2. The molecule has 3 amide bonds. The van der Waals surface area contributed by atoms with Gasteiger partial charge < -0.3 is 19.8 Å². The summed E-state index contributed by atoms with van der Waals surface area (Å²) >= 11 is 1.73. The van der Waals surface area contributed by atoms with Crippen molar-refractivity contribution in [3.8, 4) is 0 Å². The lowest BCUT2D eigenvalue weighted by Gasteiger charge is -2.29. The van der Waals surface area contributed by atoms with Crippen molar-refractivity contribution in [2.75, 3.05) is 19.6 Å². The molecule has 0 bridgehead atoms. The summed E-state index contributed by atoms with van der Waals surface area (Å²) < 4.78 is 3.45. The Labute approximate surface area is 202 Å². The lowest BCUT2D eigenvalue weighted by Crippen LogP contribution is -2.50. The summed E-state index contributed by atoms with van der Waals surface area (Å²) in [6.45, 7) is 8.12. The smallest absolute Gasteiger partial charge is 0.243 e. The normalized spacial score (nSPS) is 22.1. The van der Waals surface area contributed by atoms with Crippen molar-refractivity contribution in [1.29, 1.82) is 0 Å². The molecule has 0 spiro atoms. The summed E-state index contributed by atoms with van der Waals surface area (Å²) in [5.41, 5.74) is 1.01.